The number of H-pyrrole nitrogens is 1. The van der Waals surface area contributed by atoms with Crippen molar-refractivity contribution < 1.29 is 0 Å². The van der Waals surface area contributed by atoms with Crippen LogP contribution in [0.15, 0.2) is 36.9 Å². The van der Waals surface area contributed by atoms with E-state index in [1.165, 1.54) is 0 Å². The Kier molecular flexibility index (Phi) is 1.94. The molecule has 1 N–H and O–H groups in total. The van der Waals surface area contributed by atoms with Gasteiger partial charge in [-0.3, -0.25) is 5.10 Å². The van der Waals surface area contributed by atoms with Gasteiger partial charge in [0.05, 0.1) is 23.3 Å². The van der Waals surface area contributed by atoms with Crippen LogP contribution in [-0.4, -0.2) is 29.9 Å². The molecule has 4 rings (SSSR count). The zero-order chi connectivity index (χ0) is 12.8. The first-order chi connectivity index (χ1) is 9.34. The predicted octanol–water partition coefficient (Wildman–Crippen LogP) is 2.00. The summed E-state index contributed by atoms with van der Waals surface area (Å²) >= 11 is 0. The maximum Gasteiger partial charge on any atom is 0.166 e. The average Bonchev–Trinajstić information content (AvgIpc) is 3.05. The third kappa shape index (κ3) is 1.36. The van der Waals surface area contributed by atoms with Gasteiger partial charge < -0.3 is 0 Å². The fourth-order valence-electron chi connectivity index (χ4n) is 2.23. The summed E-state index contributed by atoms with van der Waals surface area (Å²) in [7, 11) is 0. The summed E-state index contributed by atoms with van der Waals surface area (Å²) in [4.78, 5) is 8.80. The standard InChI is InChI=1S/C13H10N6/c1-8-2-4-14-12-9(8)7-17-19(12)13-10-6-16-18-11(10)3-5-15-13/h2-7H,1H3,(H,16,18). The van der Waals surface area contributed by atoms with Crippen LogP contribution >= 0.6 is 0 Å². The normalized spacial score (nSPS) is 11.4. The highest BCUT2D eigenvalue weighted by Gasteiger charge is 2.12. The Morgan fingerprint density at radius 3 is 2.89 bits per heavy atom. The van der Waals surface area contributed by atoms with Crippen molar-refractivity contribution in [3.63, 3.8) is 0 Å². The van der Waals surface area contributed by atoms with Gasteiger partial charge in [0, 0.05) is 17.8 Å². The molecule has 92 valence electrons. The Balaban J connectivity index is 2.10. The number of hydrogen-bond acceptors (Lipinski definition) is 4. The van der Waals surface area contributed by atoms with Gasteiger partial charge in [-0.15, -0.1) is 0 Å². The minimum Gasteiger partial charge on any atom is -0.278 e. The van der Waals surface area contributed by atoms with Gasteiger partial charge in [-0.1, -0.05) is 0 Å². The van der Waals surface area contributed by atoms with E-state index in [-0.39, 0.29) is 0 Å². The molecule has 4 aromatic rings. The van der Waals surface area contributed by atoms with E-state index >= 15 is 0 Å². The SMILES string of the molecule is Cc1ccnc2c1cnn2-c1nccc2[nH]ncc12. The van der Waals surface area contributed by atoms with Gasteiger partial charge in [0.2, 0.25) is 0 Å². The van der Waals surface area contributed by atoms with Crippen LogP contribution in [0.2, 0.25) is 0 Å². The number of rotatable bonds is 1. The van der Waals surface area contributed by atoms with Gasteiger partial charge >= 0.3 is 0 Å². The Morgan fingerprint density at radius 2 is 1.95 bits per heavy atom. The van der Waals surface area contributed by atoms with Crippen LogP contribution in [0.4, 0.5) is 0 Å². The van der Waals surface area contributed by atoms with Crippen LogP contribution in [-0.2, 0) is 0 Å². The molecular formula is C13H10N6. The first-order valence-corrected chi connectivity index (χ1v) is 5.92. The molecule has 6 nitrogen and oxygen atoms in total. The van der Waals surface area contributed by atoms with Crippen molar-refractivity contribution >= 4 is 21.9 Å². The van der Waals surface area contributed by atoms with Crippen LogP contribution in [0, 0.1) is 6.92 Å². The van der Waals surface area contributed by atoms with Gasteiger partial charge in [0.1, 0.15) is 0 Å². The molecule has 0 aliphatic carbocycles. The Bertz CT molecular complexity index is 888. The van der Waals surface area contributed by atoms with Crippen molar-refractivity contribution in [3.8, 4) is 5.82 Å². The highest BCUT2D eigenvalue weighted by Crippen LogP contribution is 2.22. The summed E-state index contributed by atoms with van der Waals surface area (Å²) in [5, 5.41) is 13.3. The fraction of sp³-hybridized carbons (Fsp3) is 0.0769. The molecule has 0 bridgehead atoms. The van der Waals surface area contributed by atoms with Gasteiger partial charge in [-0.05, 0) is 24.6 Å². The van der Waals surface area contributed by atoms with Crippen molar-refractivity contribution in [2.45, 2.75) is 6.92 Å². The molecule has 4 heterocycles. The molecule has 0 aromatic carbocycles. The van der Waals surface area contributed by atoms with E-state index in [2.05, 4.69) is 25.3 Å². The zero-order valence-corrected chi connectivity index (χ0v) is 10.2. The number of aryl methyl sites for hydroxylation is 1. The van der Waals surface area contributed by atoms with Gasteiger partial charge in [0.25, 0.3) is 0 Å². The molecule has 0 fully saturated rings. The monoisotopic (exact) mass is 250 g/mol. The summed E-state index contributed by atoms with van der Waals surface area (Å²) < 4.78 is 1.75. The molecule has 0 unspecified atom stereocenters. The van der Waals surface area contributed by atoms with Gasteiger partial charge in [-0.2, -0.15) is 14.9 Å². The number of fused-ring (bicyclic) bond motifs is 2. The van der Waals surface area contributed by atoms with Crippen LogP contribution in [0.25, 0.3) is 27.8 Å². The average molecular weight is 250 g/mol. The third-order valence-corrected chi connectivity index (χ3v) is 3.24. The maximum atomic E-state index is 4.41. The zero-order valence-electron chi connectivity index (χ0n) is 10.2. The smallest absolute Gasteiger partial charge is 0.166 e. The lowest BCUT2D eigenvalue weighted by molar-refractivity contribution is 0.872. The number of pyridine rings is 2. The number of hydrogen-bond donors (Lipinski definition) is 1. The molecule has 0 aliphatic heterocycles. The van der Waals surface area contributed by atoms with Crippen LogP contribution in [0.1, 0.15) is 5.56 Å². The Labute approximate surface area is 108 Å². The largest absolute Gasteiger partial charge is 0.278 e. The third-order valence-electron chi connectivity index (χ3n) is 3.24. The summed E-state index contributed by atoms with van der Waals surface area (Å²) in [6, 6.07) is 3.86. The van der Waals surface area contributed by atoms with Crippen LogP contribution in [0.3, 0.4) is 0 Å². The van der Waals surface area contributed by atoms with E-state index in [0.717, 1.165) is 33.3 Å². The summed E-state index contributed by atoms with van der Waals surface area (Å²) in [5.41, 5.74) is 2.89. The highest BCUT2D eigenvalue weighted by atomic mass is 15.3. The number of aromatic nitrogens is 6. The van der Waals surface area contributed by atoms with Crippen molar-refractivity contribution in [3.05, 3.63) is 42.5 Å². The minimum absolute atomic E-state index is 0.736. The molecule has 0 spiro atoms. The molecule has 6 heteroatoms. The van der Waals surface area contributed by atoms with E-state index in [0.29, 0.717) is 0 Å². The first-order valence-electron chi connectivity index (χ1n) is 5.92. The van der Waals surface area contributed by atoms with E-state index in [1.54, 1.807) is 23.3 Å². The number of aromatic amines is 1. The van der Waals surface area contributed by atoms with E-state index in [4.69, 9.17) is 0 Å². The molecule has 0 radical (unpaired) electrons. The van der Waals surface area contributed by atoms with Crippen molar-refractivity contribution in [2.24, 2.45) is 0 Å². The Morgan fingerprint density at radius 1 is 1.05 bits per heavy atom. The molecule has 0 amide bonds. The lowest BCUT2D eigenvalue weighted by Crippen LogP contribution is -2.00. The Hall–Kier alpha value is -2.76. The highest BCUT2D eigenvalue weighted by molar-refractivity contribution is 5.87. The maximum absolute atomic E-state index is 4.41. The van der Waals surface area contributed by atoms with Crippen molar-refractivity contribution in [2.75, 3.05) is 0 Å². The second kappa shape index (κ2) is 3.61. The molecule has 19 heavy (non-hydrogen) atoms. The molecule has 0 aliphatic rings. The van der Waals surface area contributed by atoms with Gasteiger partial charge in [-0.25, -0.2) is 9.97 Å². The van der Waals surface area contributed by atoms with E-state index < -0.39 is 0 Å². The van der Waals surface area contributed by atoms with Gasteiger partial charge in [0.15, 0.2) is 11.5 Å². The number of nitrogens with one attached hydrogen (secondary N) is 1. The quantitative estimate of drug-likeness (QED) is 0.560. The lowest BCUT2D eigenvalue weighted by atomic mass is 10.2. The predicted molar refractivity (Wildman–Crippen MR) is 71.0 cm³/mol. The fourth-order valence-corrected chi connectivity index (χ4v) is 2.23. The second-order valence-electron chi connectivity index (χ2n) is 4.39. The molecule has 0 atom stereocenters. The van der Waals surface area contributed by atoms with Crippen LogP contribution < -0.4 is 0 Å². The van der Waals surface area contributed by atoms with E-state index in [1.807, 2.05) is 25.3 Å². The molecule has 0 saturated heterocycles. The summed E-state index contributed by atoms with van der Waals surface area (Å²) in [6.45, 7) is 2.04. The minimum atomic E-state index is 0.736. The second-order valence-corrected chi connectivity index (χ2v) is 4.39. The summed E-state index contributed by atoms with van der Waals surface area (Å²) in [6.07, 6.45) is 7.09. The topological polar surface area (TPSA) is 72.3 Å². The first kappa shape index (κ1) is 10.2. The van der Waals surface area contributed by atoms with Crippen LogP contribution in [0.5, 0.6) is 0 Å². The summed E-state index contributed by atoms with van der Waals surface area (Å²) in [5.74, 6) is 0.736. The van der Waals surface area contributed by atoms with Crippen molar-refractivity contribution in [1.29, 1.82) is 0 Å². The van der Waals surface area contributed by atoms with Crippen molar-refractivity contribution in [1.82, 2.24) is 29.9 Å². The lowest BCUT2D eigenvalue weighted by Gasteiger charge is -2.03. The van der Waals surface area contributed by atoms with E-state index in [9.17, 15) is 0 Å². The molecular weight excluding hydrogens is 240 g/mol. The molecule has 0 saturated carbocycles. The molecule has 4 aromatic heterocycles. The number of nitrogens with zero attached hydrogens (tertiary/aromatic N) is 5.